The van der Waals surface area contributed by atoms with E-state index in [4.69, 9.17) is 19.4 Å². The van der Waals surface area contributed by atoms with Crippen LogP contribution < -0.4 is 27.3 Å². The molecule has 0 bridgehead atoms. The highest BCUT2D eigenvalue weighted by atomic mass is 16.3. The number of hydrogen-bond donors (Lipinski definition) is 0. The van der Waals surface area contributed by atoms with Crippen LogP contribution >= 0.6 is 0 Å². The summed E-state index contributed by atoms with van der Waals surface area (Å²) in [5.41, 5.74) is 15.9. The molecule has 0 saturated carbocycles. The molecule has 0 aliphatic heterocycles. The van der Waals surface area contributed by atoms with Gasteiger partial charge in [-0.25, -0.2) is 15.0 Å². The first kappa shape index (κ1) is 36.0. The van der Waals surface area contributed by atoms with E-state index in [1.807, 2.05) is 36.4 Å². The van der Waals surface area contributed by atoms with Gasteiger partial charge < -0.3 is 4.42 Å². The van der Waals surface area contributed by atoms with Gasteiger partial charge >= 0.3 is 0 Å². The molecule has 9 heteroatoms. The summed E-state index contributed by atoms with van der Waals surface area (Å²) in [4.78, 5) is 15.3. The fourth-order valence-electron chi connectivity index (χ4n) is 9.25. The van der Waals surface area contributed by atoms with Crippen molar-refractivity contribution in [2.24, 2.45) is 0 Å². The van der Waals surface area contributed by atoms with Crippen LogP contribution in [0.2, 0.25) is 0 Å². The van der Waals surface area contributed by atoms with E-state index in [1.165, 1.54) is 70.8 Å². The summed E-state index contributed by atoms with van der Waals surface area (Å²) in [5, 5.41) is 9.66. The third kappa shape index (κ3) is 5.79. The van der Waals surface area contributed by atoms with Crippen molar-refractivity contribution in [1.82, 2.24) is 15.0 Å². The summed E-state index contributed by atoms with van der Waals surface area (Å²) < 4.78 is 6.43. The maximum Gasteiger partial charge on any atom is 0.164 e. The van der Waals surface area contributed by atoms with E-state index in [9.17, 15) is 0 Å². The van der Waals surface area contributed by atoms with E-state index >= 15 is 0 Å². The van der Waals surface area contributed by atoms with Gasteiger partial charge in [-0.1, -0.05) is 132 Å². The van der Waals surface area contributed by atoms with Gasteiger partial charge in [0.1, 0.15) is 50.4 Å². The van der Waals surface area contributed by atoms with E-state index in [1.54, 1.807) is 0 Å². The maximum absolute atomic E-state index is 6.43. The summed E-state index contributed by atoms with van der Waals surface area (Å²) in [5.74, 6) is 1.87. The number of nitrogens with zero attached hydrogens (tertiary/aromatic N) is 3. The van der Waals surface area contributed by atoms with Crippen molar-refractivity contribution in [1.29, 1.82) is 0 Å². The molecular formula is C51H36B5N3O. The van der Waals surface area contributed by atoms with Crippen molar-refractivity contribution in [2.45, 2.75) is 0 Å². The van der Waals surface area contributed by atoms with Gasteiger partial charge in [0.15, 0.2) is 17.5 Å². The fraction of sp³-hybridized carbons (Fsp3) is 0. The third-order valence-electron chi connectivity index (χ3n) is 12.9. The largest absolute Gasteiger partial charge is 0.456 e. The highest BCUT2D eigenvalue weighted by Gasteiger charge is 2.18. The molecule has 0 atom stereocenters. The summed E-state index contributed by atoms with van der Waals surface area (Å²) in [6, 6.07) is 55.9. The molecule has 4 nitrogen and oxygen atoms in total. The lowest BCUT2D eigenvalue weighted by Gasteiger charge is -2.20. The first-order chi connectivity index (χ1) is 29.3. The van der Waals surface area contributed by atoms with Gasteiger partial charge in [0, 0.05) is 27.5 Å². The van der Waals surface area contributed by atoms with Crippen LogP contribution in [-0.2, 0) is 0 Å². The van der Waals surface area contributed by atoms with Gasteiger partial charge in [0.05, 0.1) is 0 Å². The minimum Gasteiger partial charge on any atom is -0.456 e. The van der Waals surface area contributed by atoms with Crippen LogP contribution in [0.4, 0.5) is 0 Å². The van der Waals surface area contributed by atoms with Crippen LogP contribution in [-0.4, -0.2) is 54.2 Å². The Bertz CT molecular complexity index is 3490. The molecule has 0 amide bonds. The first-order valence-corrected chi connectivity index (χ1v) is 20.6. The summed E-state index contributed by atoms with van der Waals surface area (Å²) in [6.07, 6.45) is 0. The second kappa shape index (κ2) is 14.0. The predicted octanol–water partition coefficient (Wildman–Crippen LogP) is 4.86. The molecule has 9 aromatic carbocycles. The Kier molecular flexibility index (Phi) is 8.42. The van der Waals surface area contributed by atoms with Gasteiger partial charge in [-0.15, -0.1) is 16.4 Å². The summed E-state index contributed by atoms with van der Waals surface area (Å²) in [6.45, 7) is 0. The summed E-state index contributed by atoms with van der Waals surface area (Å²) in [7, 11) is 11.1. The number of aromatic nitrogens is 3. The minimum absolute atomic E-state index is 0.612. The third-order valence-corrected chi connectivity index (χ3v) is 12.9. The second-order valence-corrected chi connectivity index (χ2v) is 16.1. The zero-order valence-electron chi connectivity index (χ0n) is 34.3. The van der Waals surface area contributed by atoms with Crippen LogP contribution in [0.1, 0.15) is 0 Å². The Morgan fingerprint density at radius 2 is 0.650 bits per heavy atom. The number of fused-ring (bicyclic) bond motifs is 9. The van der Waals surface area contributed by atoms with Crippen molar-refractivity contribution < 1.29 is 4.42 Å². The molecule has 0 aliphatic carbocycles. The molecule has 11 aromatic rings. The monoisotopic (exact) mass is 761 g/mol. The quantitative estimate of drug-likeness (QED) is 0.186. The lowest BCUT2D eigenvalue weighted by Crippen LogP contribution is -2.55. The molecule has 276 valence electrons. The molecule has 0 aliphatic rings. The van der Waals surface area contributed by atoms with Crippen LogP contribution in [0.25, 0.3) is 111 Å². The van der Waals surface area contributed by atoms with Crippen molar-refractivity contribution in [3.8, 4) is 56.4 Å². The topological polar surface area (TPSA) is 51.8 Å². The number of furan rings is 1. The molecule has 2 aromatic heterocycles. The van der Waals surface area contributed by atoms with Gasteiger partial charge in [-0.3, -0.25) is 0 Å². The van der Waals surface area contributed by atoms with Gasteiger partial charge in [0.2, 0.25) is 0 Å². The second-order valence-electron chi connectivity index (χ2n) is 16.1. The standard InChI is InChI=1S/C51H36B5N3O/c52-44-43(45(53)47(55)48(56)46(44)54)27-14-16-29(17-15-27)50-57-49(28-8-2-1-3-9-28)58-51(59-50)32-20-23-42-40(26-32)39-25-31(19-22-41(39)60-42)30-18-21-37-35-12-5-4-10-33(35)34-11-6-7-13-36(34)38(37)24-30/h1-26H,52-56H2. The Morgan fingerprint density at radius 3 is 1.22 bits per heavy atom. The van der Waals surface area contributed by atoms with Gasteiger partial charge in [-0.2, -0.15) is 0 Å². The van der Waals surface area contributed by atoms with E-state index < -0.39 is 0 Å². The minimum atomic E-state index is 0.612. The molecular weight excluding hydrogens is 725 g/mol. The summed E-state index contributed by atoms with van der Waals surface area (Å²) >= 11 is 0. The molecule has 0 radical (unpaired) electrons. The molecule has 0 fully saturated rings. The molecule has 2 heterocycles. The zero-order valence-corrected chi connectivity index (χ0v) is 34.3. The number of hydrogen-bond acceptors (Lipinski definition) is 4. The van der Waals surface area contributed by atoms with Crippen LogP contribution in [0.3, 0.4) is 0 Å². The maximum atomic E-state index is 6.43. The van der Waals surface area contributed by atoms with Crippen LogP contribution in [0.15, 0.2) is 162 Å². The van der Waals surface area contributed by atoms with E-state index in [-0.39, 0.29) is 0 Å². The Hall–Kier alpha value is -7.11. The van der Waals surface area contributed by atoms with Gasteiger partial charge in [0.25, 0.3) is 0 Å². The van der Waals surface area contributed by atoms with Crippen molar-refractivity contribution in [3.63, 3.8) is 0 Å². The number of benzene rings is 9. The lowest BCUT2D eigenvalue weighted by atomic mass is 9.59. The van der Waals surface area contributed by atoms with Crippen molar-refractivity contribution >= 4 is 121 Å². The molecule has 0 unspecified atom stereocenters. The highest BCUT2D eigenvalue weighted by molar-refractivity contribution is 6.68. The van der Waals surface area contributed by atoms with E-state index in [0.29, 0.717) is 17.5 Å². The van der Waals surface area contributed by atoms with Gasteiger partial charge in [-0.05, 0) is 91.0 Å². The highest BCUT2D eigenvalue weighted by Crippen LogP contribution is 2.39. The first-order valence-electron chi connectivity index (χ1n) is 20.6. The van der Waals surface area contributed by atoms with Crippen molar-refractivity contribution in [3.05, 3.63) is 158 Å². The average Bonchev–Trinajstić information content (AvgIpc) is 3.68. The zero-order chi connectivity index (χ0) is 40.6. The Labute approximate surface area is 352 Å². The predicted molar refractivity (Wildman–Crippen MR) is 268 cm³/mol. The smallest absolute Gasteiger partial charge is 0.164 e. The number of rotatable bonds is 5. The molecule has 0 saturated heterocycles. The van der Waals surface area contributed by atoms with Crippen LogP contribution in [0.5, 0.6) is 0 Å². The lowest BCUT2D eigenvalue weighted by molar-refractivity contribution is 0.669. The Balaban J connectivity index is 1.02. The van der Waals surface area contributed by atoms with E-state index in [0.717, 1.165) is 49.8 Å². The normalized spacial score (nSPS) is 11.7. The van der Waals surface area contributed by atoms with Crippen molar-refractivity contribution in [2.75, 3.05) is 0 Å². The molecule has 0 spiro atoms. The van der Waals surface area contributed by atoms with Crippen LogP contribution in [0, 0.1) is 0 Å². The van der Waals surface area contributed by atoms with E-state index in [2.05, 4.69) is 161 Å². The average molecular weight is 761 g/mol. The SMILES string of the molecule is Bc1c(B)c(B)c(-c2ccc(-c3nc(-c4ccccc4)nc(-c4ccc5oc6ccc(-c7ccc8c9ccccc9c9ccccc9c8c7)cc6c5c4)n3)cc2)c(B)c1B. The molecule has 0 N–H and O–H groups in total. The Morgan fingerprint density at radius 1 is 0.283 bits per heavy atom. The fourth-order valence-corrected chi connectivity index (χ4v) is 9.25. The molecule has 60 heavy (non-hydrogen) atoms. The molecule has 11 rings (SSSR count).